The maximum Gasteiger partial charge on any atom is 0.407 e. The number of hydrogen-bond acceptors (Lipinski definition) is 6. The molecule has 1 saturated heterocycles. The zero-order valence-corrected chi connectivity index (χ0v) is 22.1. The zero-order valence-electron chi connectivity index (χ0n) is 20.4. The number of hydrogen-bond donors (Lipinski definition) is 4. The molecule has 1 heterocycles. The fourth-order valence-electron chi connectivity index (χ4n) is 3.65. The van der Waals surface area contributed by atoms with Gasteiger partial charge in [-0.25, -0.2) is 9.18 Å². The van der Waals surface area contributed by atoms with Gasteiger partial charge in [-0.15, -0.1) is 24.4 Å². The predicted octanol–water partition coefficient (Wildman–Crippen LogP) is 3.30. The predicted molar refractivity (Wildman–Crippen MR) is 136 cm³/mol. The molecule has 35 heavy (non-hydrogen) atoms. The van der Waals surface area contributed by atoms with E-state index in [1.54, 1.807) is 12.1 Å². The number of carbonyl (C=O) groups is 4. The molecule has 1 aliphatic heterocycles. The van der Waals surface area contributed by atoms with Gasteiger partial charge in [0.25, 0.3) is 0 Å². The molecule has 3 amide bonds. The Morgan fingerprint density at radius 2 is 1.97 bits per heavy atom. The Kier molecular flexibility index (Phi) is 10.9. The summed E-state index contributed by atoms with van der Waals surface area (Å²) in [5, 5.41) is 7.36. The van der Waals surface area contributed by atoms with E-state index in [0.29, 0.717) is 24.3 Å². The summed E-state index contributed by atoms with van der Waals surface area (Å²) in [7, 11) is 0. The second-order valence-corrected chi connectivity index (χ2v) is 11.9. The van der Waals surface area contributed by atoms with Gasteiger partial charge in [0.1, 0.15) is 18.5 Å². The third-order valence-electron chi connectivity index (χ3n) is 5.35. The summed E-state index contributed by atoms with van der Waals surface area (Å²) in [5.41, 5.74) is 0. The highest BCUT2D eigenvalue weighted by Gasteiger charge is 2.32. The van der Waals surface area contributed by atoms with Crippen molar-refractivity contribution in [2.45, 2.75) is 68.7 Å². The van der Waals surface area contributed by atoms with Crippen LogP contribution in [0.25, 0.3) is 0 Å². The molecule has 0 aliphatic carbocycles. The Labute approximate surface area is 215 Å². The van der Waals surface area contributed by atoms with E-state index in [4.69, 9.17) is 4.74 Å². The van der Waals surface area contributed by atoms with Crippen molar-refractivity contribution in [1.82, 2.24) is 16.0 Å². The van der Waals surface area contributed by atoms with Crippen molar-refractivity contribution < 1.29 is 28.3 Å². The fraction of sp³-hybridized carbons (Fsp3) is 0.583. The van der Waals surface area contributed by atoms with E-state index in [-0.39, 0.29) is 36.6 Å². The van der Waals surface area contributed by atoms with E-state index < -0.39 is 33.9 Å². The summed E-state index contributed by atoms with van der Waals surface area (Å²) in [6.45, 7) is 8.06. The van der Waals surface area contributed by atoms with Gasteiger partial charge in [-0.05, 0) is 57.2 Å². The molecule has 3 atom stereocenters. The van der Waals surface area contributed by atoms with Gasteiger partial charge in [-0.3, -0.25) is 14.4 Å². The number of nitrogens with one attached hydrogen (secondary N) is 3. The zero-order chi connectivity index (χ0) is 26.2. The van der Waals surface area contributed by atoms with Crippen LogP contribution in [0.4, 0.5) is 9.18 Å². The number of thiol groups is 1. The van der Waals surface area contributed by atoms with Crippen molar-refractivity contribution in [2.24, 2.45) is 11.8 Å². The third kappa shape index (κ3) is 10.1. The van der Waals surface area contributed by atoms with Crippen LogP contribution in [0.15, 0.2) is 29.2 Å². The molecule has 1 fully saturated rings. The van der Waals surface area contributed by atoms with Crippen LogP contribution in [0, 0.1) is 17.7 Å². The molecular formula is C24H34FN3O5S2. The topological polar surface area (TPSA) is 114 Å². The Balaban J connectivity index is 1.95. The number of alkyl carbamates (subject to hydrolysis) is 1. The summed E-state index contributed by atoms with van der Waals surface area (Å²) >= 11 is 5.23. The third-order valence-corrected chi connectivity index (χ3v) is 6.83. The lowest BCUT2D eigenvalue weighted by atomic mass is 9.98. The number of rotatable bonds is 12. The molecule has 11 heteroatoms. The molecule has 1 aromatic rings. The minimum atomic E-state index is -0.950. The highest BCUT2D eigenvalue weighted by Crippen LogP contribution is 2.33. The lowest BCUT2D eigenvalue weighted by Crippen LogP contribution is -2.52. The van der Waals surface area contributed by atoms with Crippen LogP contribution in [0.1, 0.15) is 47.0 Å². The quantitative estimate of drug-likeness (QED) is 0.245. The van der Waals surface area contributed by atoms with E-state index in [9.17, 15) is 23.6 Å². The highest BCUT2D eigenvalue weighted by atomic mass is 32.2. The van der Waals surface area contributed by atoms with Crippen molar-refractivity contribution in [3.8, 4) is 0 Å². The SMILES string of the molecule is CC(C)C[C@H](NC(=O)OCC(C)(C)Sc1cccc(F)c1)C(=O)N[C@@H](C[C@@H]1CCNC1=O)C(=O)S. The van der Waals surface area contributed by atoms with Crippen LogP contribution in [0.5, 0.6) is 0 Å². The lowest BCUT2D eigenvalue weighted by molar-refractivity contribution is -0.128. The van der Waals surface area contributed by atoms with Crippen LogP contribution >= 0.6 is 24.4 Å². The van der Waals surface area contributed by atoms with Gasteiger partial charge in [0.2, 0.25) is 16.9 Å². The molecular weight excluding hydrogens is 493 g/mol. The standard InChI is InChI=1S/C24H34FN3O5S2/c1-14(2)10-18(21(30)27-19(22(31)34)11-15-8-9-26-20(15)29)28-23(32)33-13-24(3,4)35-17-7-5-6-16(25)12-17/h5-7,12,14-15,18-19H,8-11,13H2,1-4H3,(H,26,29)(H,27,30)(H,28,32)(H,31,34)/t15-,18-,19-/m0/s1. The molecule has 1 aromatic carbocycles. The van der Waals surface area contributed by atoms with E-state index in [0.717, 1.165) is 0 Å². The average molecular weight is 528 g/mol. The first-order valence-corrected chi connectivity index (χ1v) is 12.8. The smallest absolute Gasteiger partial charge is 0.407 e. The van der Waals surface area contributed by atoms with Gasteiger partial charge in [0, 0.05) is 22.1 Å². The van der Waals surface area contributed by atoms with Crippen LogP contribution in [0.3, 0.4) is 0 Å². The minimum Gasteiger partial charge on any atom is -0.448 e. The molecule has 0 saturated carbocycles. The van der Waals surface area contributed by atoms with E-state index in [1.165, 1.54) is 23.9 Å². The second kappa shape index (κ2) is 13.2. The van der Waals surface area contributed by atoms with Gasteiger partial charge in [-0.1, -0.05) is 19.9 Å². The molecule has 8 nitrogen and oxygen atoms in total. The molecule has 194 valence electrons. The molecule has 0 radical (unpaired) electrons. The molecule has 2 rings (SSSR count). The van der Waals surface area contributed by atoms with Crippen LogP contribution < -0.4 is 16.0 Å². The maximum atomic E-state index is 13.5. The first-order chi connectivity index (χ1) is 16.4. The van der Waals surface area contributed by atoms with Crippen LogP contribution in [0.2, 0.25) is 0 Å². The molecule has 0 bridgehead atoms. The van der Waals surface area contributed by atoms with Crippen LogP contribution in [-0.2, 0) is 19.1 Å². The number of thioether (sulfide) groups is 1. The second-order valence-electron chi connectivity index (χ2n) is 9.63. The van der Waals surface area contributed by atoms with Gasteiger partial charge in [-0.2, -0.15) is 0 Å². The summed E-state index contributed by atoms with van der Waals surface area (Å²) in [4.78, 5) is 50.0. The lowest BCUT2D eigenvalue weighted by Gasteiger charge is -2.26. The Hall–Kier alpha value is -2.27. The number of carbonyl (C=O) groups excluding carboxylic acids is 4. The van der Waals surface area contributed by atoms with Crippen molar-refractivity contribution in [3.63, 3.8) is 0 Å². The fourth-order valence-corrected chi connectivity index (χ4v) is 4.90. The van der Waals surface area contributed by atoms with E-state index in [2.05, 4.69) is 28.6 Å². The van der Waals surface area contributed by atoms with E-state index >= 15 is 0 Å². The molecule has 0 aromatic heterocycles. The van der Waals surface area contributed by atoms with Crippen LogP contribution in [-0.4, -0.2) is 53.0 Å². The highest BCUT2D eigenvalue weighted by molar-refractivity contribution is 8.00. The average Bonchev–Trinajstić information content (AvgIpc) is 3.15. The summed E-state index contributed by atoms with van der Waals surface area (Å²) in [6, 6.07) is 4.26. The summed E-state index contributed by atoms with van der Waals surface area (Å²) < 4.78 is 18.3. The number of halogens is 1. The summed E-state index contributed by atoms with van der Waals surface area (Å²) in [6.07, 6.45) is 0.266. The minimum absolute atomic E-state index is 0.0184. The normalized spacial score (nSPS) is 17.5. The largest absolute Gasteiger partial charge is 0.448 e. The van der Waals surface area contributed by atoms with Gasteiger partial charge >= 0.3 is 6.09 Å². The molecule has 0 unspecified atom stereocenters. The monoisotopic (exact) mass is 527 g/mol. The maximum absolute atomic E-state index is 13.5. The number of ether oxygens (including phenoxy) is 1. The molecule has 1 aliphatic rings. The number of benzene rings is 1. The van der Waals surface area contributed by atoms with Gasteiger partial charge < -0.3 is 20.7 Å². The first-order valence-electron chi connectivity index (χ1n) is 11.5. The Morgan fingerprint density at radius 3 is 2.54 bits per heavy atom. The Morgan fingerprint density at radius 1 is 1.26 bits per heavy atom. The van der Waals surface area contributed by atoms with Crippen molar-refractivity contribution in [1.29, 1.82) is 0 Å². The van der Waals surface area contributed by atoms with Crippen molar-refractivity contribution in [2.75, 3.05) is 13.2 Å². The molecule has 3 N–H and O–H groups in total. The summed E-state index contributed by atoms with van der Waals surface area (Å²) in [5.74, 6) is -1.36. The van der Waals surface area contributed by atoms with E-state index in [1.807, 2.05) is 27.7 Å². The van der Waals surface area contributed by atoms with Gasteiger partial charge in [0.05, 0.1) is 6.04 Å². The first kappa shape index (κ1) is 29.0. The Bertz CT molecular complexity index is 928. The van der Waals surface area contributed by atoms with Crippen molar-refractivity contribution >= 4 is 47.4 Å². The number of amides is 3. The molecule has 0 spiro atoms. The van der Waals surface area contributed by atoms with Crippen molar-refractivity contribution in [3.05, 3.63) is 30.1 Å². The van der Waals surface area contributed by atoms with Gasteiger partial charge in [0.15, 0.2) is 0 Å².